The minimum Gasteiger partial charge on any atom is -0.322 e. The van der Waals surface area contributed by atoms with E-state index < -0.39 is 0 Å². The molecule has 156 valence electrons. The van der Waals surface area contributed by atoms with E-state index in [9.17, 15) is 9.18 Å². The first-order valence-corrected chi connectivity index (χ1v) is 9.88. The summed E-state index contributed by atoms with van der Waals surface area (Å²) < 4.78 is 14.8. The highest BCUT2D eigenvalue weighted by Gasteiger charge is 2.23. The minimum absolute atomic E-state index is 0.0872. The van der Waals surface area contributed by atoms with Crippen LogP contribution in [0.3, 0.4) is 0 Å². The number of aromatic nitrogens is 4. The Morgan fingerprint density at radius 3 is 2.37 bits per heavy atom. The van der Waals surface area contributed by atoms with E-state index in [1.807, 2.05) is 30.9 Å². The zero-order chi connectivity index (χ0) is 21.1. The number of amides is 2. The second-order valence-corrected chi connectivity index (χ2v) is 7.55. The first-order valence-electron chi connectivity index (χ1n) is 9.88. The van der Waals surface area contributed by atoms with Crippen LogP contribution < -0.4 is 5.32 Å². The van der Waals surface area contributed by atoms with Crippen LogP contribution in [0.4, 0.5) is 14.9 Å². The molecule has 0 spiro atoms. The van der Waals surface area contributed by atoms with Crippen LogP contribution in [0.2, 0.25) is 0 Å². The van der Waals surface area contributed by atoms with E-state index in [4.69, 9.17) is 0 Å². The third-order valence-electron chi connectivity index (χ3n) is 5.10. The number of rotatable bonds is 4. The van der Waals surface area contributed by atoms with Crippen molar-refractivity contribution in [2.75, 3.05) is 31.5 Å². The van der Waals surface area contributed by atoms with Crippen LogP contribution in [0, 0.1) is 19.7 Å². The summed E-state index contributed by atoms with van der Waals surface area (Å²) in [7, 11) is 0. The number of carbonyl (C=O) groups excluding carboxylic acids is 1. The number of hydrogen-bond acceptors (Lipinski definition) is 5. The number of tetrazole rings is 1. The van der Waals surface area contributed by atoms with Gasteiger partial charge in [0.15, 0.2) is 5.82 Å². The van der Waals surface area contributed by atoms with Crippen LogP contribution in [0.15, 0.2) is 42.5 Å². The zero-order valence-corrected chi connectivity index (χ0v) is 17.0. The number of benzene rings is 2. The molecule has 1 aliphatic heterocycles. The fraction of sp³-hybridized carbons (Fsp3) is 0.333. The Kier molecular flexibility index (Phi) is 5.71. The Morgan fingerprint density at radius 1 is 1.03 bits per heavy atom. The van der Waals surface area contributed by atoms with Gasteiger partial charge < -0.3 is 10.2 Å². The quantitative estimate of drug-likeness (QED) is 0.717. The molecule has 0 atom stereocenters. The van der Waals surface area contributed by atoms with Crippen molar-refractivity contribution in [1.82, 2.24) is 30.0 Å². The van der Waals surface area contributed by atoms with Gasteiger partial charge >= 0.3 is 6.03 Å². The number of urea groups is 1. The Morgan fingerprint density at radius 2 is 1.70 bits per heavy atom. The van der Waals surface area contributed by atoms with Gasteiger partial charge in [0.25, 0.3) is 0 Å². The number of anilines is 1. The van der Waals surface area contributed by atoms with Gasteiger partial charge in [-0.3, -0.25) is 4.90 Å². The first-order chi connectivity index (χ1) is 14.5. The van der Waals surface area contributed by atoms with Crippen LogP contribution in [0.5, 0.6) is 0 Å². The predicted octanol–water partition coefficient (Wildman–Crippen LogP) is 2.77. The van der Waals surface area contributed by atoms with Crippen molar-refractivity contribution in [3.63, 3.8) is 0 Å². The fourth-order valence-corrected chi connectivity index (χ4v) is 3.65. The van der Waals surface area contributed by atoms with Gasteiger partial charge in [0.1, 0.15) is 5.82 Å². The monoisotopic (exact) mass is 409 g/mol. The van der Waals surface area contributed by atoms with E-state index in [2.05, 4.69) is 31.8 Å². The second kappa shape index (κ2) is 8.58. The van der Waals surface area contributed by atoms with Gasteiger partial charge in [-0.05, 0) is 71.8 Å². The molecular formula is C21H24FN7O. The Hall–Kier alpha value is -3.33. The lowest BCUT2D eigenvalue weighted by Gasteiger charge is -2.34. The van der Waals surface area contributed by atoms with E-state index >= 15 is 0 Å². The van der Waals surface area contributed by atoms with E-state index in [1.165, 1.54) is 12.1 Å². The van der Waals surface area contributed by atoms with Crippen molar-refractivity contribution >= 4 is 11.7 Å². The van der Waals surface area contributed by atoms with Gasteiger partial charge in [0, 0.05) is 31.9 Å². The lowest BCUT2D eigenvalue weighted by Crippen LogP contribution is -2.49. The molecule has 0 unspecified atom stereocenters. The maximum absolute atomic E-state index is 13.2. The van der Waals surface area contributed by atoms with Gasteiger partial charge in [-0.15, -0.1) is 5.10 Å². The molecule has 1 N–H and O–H groups in total. The molecule has 0 saturated carbocycles. The number of halogens is 1. The molecule has 9 heteroatoms. The van der Waals surface area contributed by atoms with Crippen LogP contribution in [0.1, 0.15) is 17.0 Å². The molecule has 0 radical (unpaired) electrons. The molecule has 1 aromatic heterocycles. The second-order valence-electron chi connectivity index (χ2n) is 7.55. The first kappa shape index (κ1) is 20.0. The van der Waals surface area contributed by atoms with Gasteiger partial charge in [0.05, 0.1) is 12.2 Å². The number of nitrogens with one attached hydrogen (secondary N) is 1. The number of carbonyl (C=O) groups is 1. The lowest BCUT2D eigenvalue weighted by atomic mass is 10.1. The predicted molar refractivity (Wildman–Crippen MR) is 111 cm³/mol. The maximum Gasteiger partial charge on any atom is 0.321 e. The maximum atomic E-state index is 13.2. The van der Waals surface area contributed by atoms with Gasteiger partial charge in [-0.1, -0.05) is 6.07 Å². The molecule has 1 saturated heterocycles. The molecule has 0 aliphatic carbocycles. The van der Waals surface area contributed by atoms with Crippen molar-refractivity contribution in [3.8, 4) is 5.69 Å². The van der Waals surface area contributed by atoms with Gasteiger partial charge in [0.2, 0.25) is 0 Å². The Balaban J connectivity index is 1.34. The Bertz CT molecular complexity index is 1010. The van der Waals surface area contributed by atoms with E-state index in [-0.39, 0.29) is 11.8 Å². The van der Waals surface area contributed by atoms with Crippen molar-refractivity contribution < 1.29 is 9.18 Å². The van der Waals surface area contributed by atoms with E-state index in [0.29, 0.717) is 31.1 Å². The minimum atomic E-state index is -0.302. The Labute approximate surface area is 174 Å². The normalized spacial score (nSPS) is 14.7. The van der Waals surface area contributed by atoms with E-state index in [0.717, 1.165) is 29.9 Å². The summed E-state index contributed by atoms with van der Waals surface area (Å²) in [6.45, 7) is 7.26. The molecule has 8 nitrogen and oxygen atoms in total. The molecule has 3 aromatic rings. The molecule has 0 bridgehead atoms. The molecule has 1 aliphatic rings. The van der Waals surface area contributed by atoms with Gasteiger partial charge in [-0.25, -0.2) is 9.18 Å². The lowest BCUT2D eigenvalue weighted by molar-refractivity contribution is 0.140. The van der Waals surface area contributed by atoms with E-state index in [1.54, 1.807) is 16.8 Å². The summed E-state index contributed by atoms with van der Waals surface area (Å²) >= 11 is 0. The van der Waals surface area contributed by atoms with Crippen molar-refractivity contribution in [2.45, 2.75) is 20.4 Å². The van der Waals surface area contributed by atoms with Gasteiger partial charge in [-0.2, -0.15) is 4.68 Å². The third kappa shape index (κ3) is 4.62. The zero-order valence-electron chi connectivity index (χ0n) is 17.0. The summed E-state index contributed by atoms with van der Waals surface area (Å²) in [5, 5.41) is 14.9. The summed E-state index contributed by atoms with van der Waals surface area (Å²) in [5.74, 6) is 0.373. The topological polar surface area (TPSA) is 79.2 Å². The standard InChI is InChI=1S/C21H24FN7O/c1-15-11-16(2)13-18(12-15)23-21(30)28-9-7-27(8-10-28)14-20-24-25-26-29(20)19-5-3-17(22)4-6-19/h3-6,11-13H,7-10,14H2,1-2H3,(H,23,30). The number of piperazine rings is 1. The van der Waals surface area contributed by atoms with Crippen molar-refractivity contribution in [1.29, 1.82) is 0 Å². The number of nitrogens with zero attached hydrogens (tertiary/aromatic N) is 6. The van der Waals surface area contributed by atoms with Crippen molar-refractivity contribution in [3.05, 3.63) is 65.2 Å². The van der Waals surface area contributed by atoms with Crippen LogP contribution in [-0.4, -0.2) is 62.2 Å². The SMILES string of the molecule is Cc1cc(C)cc(NC(=O)N2CCN(Cc3nnnn3-c3ccc(F)cc3)CC2)c1. The summed E-state index contributed by atoms with van der Waals surface area (Å²) in [6.07, 6.45) is 0. The van der Waals surface area contributed by atoms with Crippen LogP contribution in [0.25, 0.3) is 5.69 Å². The highest BCUT2D eigenvalue weighted by Crippen LogP contribution is 2.16. The average molecular weight is 409 g/mol. The third-order valence-corrected chi connectivity index (χ3v) is 5.10. The molecule has 2 amide bonds. The molecular weight excluding hydrogens is 385 g/mol. The number of hydrogen-bond donors (Lipinski definition) is 1. The number of aryl methyl sites for hydroxylation is 2. The molecule has 30 heavy (non-hydrogen) atoms. The smallest absolute Gasteiger partial charge is 0.321 e. The molecule has 2 aromatic carbocycles. The molecule has 1 fully saturated rings. The van der Waals surface area contributed by atoms with Crippen LogP contribution >= 0.6 is 0 Å². The summed E-state index contributed by atoms with van der Waals surface area (Å²) in [5.41, 5.74) is 3.77. The molecule has 4 rings (SSSR count). The molecule has 2 heterocycles. The average Bonchev–Trinajstić information content (AvgIpc) is 3.16. The van der Waals surface area contributed by atoms with Crippen LogP contribution in [-0.2, 0) is 6.54 Å². The van der Waals surface area contributed by atoms with Crippen molar-refractivity contribution in [2.24, 2.45) is 0 Å². The summed E-state index contributed by atoms with van der Waals surface area (Å²) in [4.78, 5) is 16.6. The highest BCUT2D eigenvalue weighted by molar-refractivity contribution is 5.89. The highest BCUT2D eigenvalue weighted by atomic mass is 19.1. The fourth-order valence-electron chi connectivity index (χ4n) is 3.65. The summed E-state index contributed by atoms with van der Waals surface area (Å²) in [6, 6.07) is 12.0. The largest absolute Gasteiger partial charge is 0.322 e.